The van der Waals surface area contributed by atoms with Crippen molar-refractivity contribution in [2.75, 3.05) is 20.3 Å². The molecule has 1 aromatic carbocycles. The minimum atomic E-state index is -0.351. The van der Waals surface area contributed by atoms with Crippen LogP contribution in [0.25, 0.3) is 0 Å². The fourth-order valence-electron chi connectivity index (χ4n) is 1.41. The van der Waals surface area contributed by atoms with E-state index in [4.69, 9.17) is 4.74 Å². The summed E-state index contributed by atoms with van der Waals surface area (Å²) in [4.78, 5) is 15.5. The average molecular weight is 205 g/mol. The molecule has 0 aromatic heterocycles. The summed E-state index contributed by atoms with van der Waals surface area (Å²) in [6.45, 7) is 1.29. The van der Waals surface area contributed by atoms with E-state index in [-0.39, 0.29) is 5.97 Å². The van der Waals surface area contributed by atoms with Gasteiger partial charge >= 0.3 is 5.97 Å². The van der Waals surface area contributed by atoms with E-state index < -0.39 is 0 Å². The third kappa shape index (κ3) is 1.98. The first-order valence-electron chi connectivity index (χ1n) is 4.67. The summed E-state index contributed by atoms with van der Waals surface area (Å²) in [5.74, 6) is 0.246. The number of ether oxygens (including phenoxy) is 2. The summed E-state index contributed by atoms with van der Waals surface area (Å²) < 4.78 is 9.94. The molecule has 1 aromatic rings. The molecule has 78 valence electrons. The van der Waals surface area contributed by atoms with Gasteiger partial charge in [-0.25, -0.2) is 9.79 Å². The summed E-state index contributed by atoms with van der Waals surface area (Å²) >= 11 is 0. The van der Waals surface area contributed by atoms with Crippen molar-refractivity contribution in [2.45, 2.75) is 0 Å². The molecule has 0 bridgehead atoms. The van der Waals surface area contributed by atoms with Crippen LogP contribution in [-0.4, -0.2) is 32.1 Å². The maximum Gasteiger partial charge on any atom is 0.337 e. The van der Waals surface area contributed by atoms with Gasteiger partial charge in [-0.05, 0) is 18.2 Å². The van der Waals surface area contributed by atoms with E-state index in [1.807, 2.05) is 6.07 Å². The maximum absolute atomic E-state index is 11.3. The Morgan fingerprint density at radius 1 is 1.53 bits per heavy atom. The quantitative estimate of drug-likeness (QED) is 0.683. The number of nitrogens with zero attached hydrogens (tertiary/aromatic N) is 1. The Bertz CT molecular complexity index is 412. The largest absolute Gasteiger partial charge is 0.476 e. The van der Waals surface area contributed by atoms with Crippen LogP contribution in [0.4, 0.5) is 0 Å². The van der Waals surface area contributed by atoms with E-state index in [9.17, 15) is 4.79 Å². The number of carbonyl (C=O) groups excluding carboxylic acids is 1. The third-order valence-corrected chi connectivity index (χ3v) is 2.12. The molecule has 0 atom stereocenters. The number of hydrogen-bond acceptors (Lipinski definition) is 4. The van der Waals surface area contributed by atoms with Crippen molar-refractivity contribution in [3.05, 3.63) is 35.4 Å². The molecule has 0 radical (unpaired) electrons. The normalized spacial score (nSPS) is 14.3. The topological polar surface area (TPSA) is 47.9 Å². The van der Waals surface area contributed by atoms with Gasteiger partial charge < -0.3 is 9.47 Å². The summed E-state index contributed by atoms with van der Waals surface area (Å²) in [6.07, 6.45) is 0. The van der Waals surface area contributed by atoms with Gasteiger partial charge in [-0.3, -0.25) is 0 Å². The van der Waals surface area contributed by atoms with Gasteiger partial charge in [-0.2, -0.15) is 0 Å². The monoisotopic (exact) mass is 205 g/mol. The predicted molar refractivity (Wildman–Crippen MR) is 55.1 cm³/mol. The molecule has 0 saturated carbocycles. The molecular formula is C11H11NO3. The van der Waals surface area contributed by atoms with Gasteiger partial charge in [0.2, 0.25) is 5.90 Å². The first-order chi connectivity index (χ1) is 7.31. The van der Waals surface area contributed by atoms with Crippen molar-refractivity contribution < 1.29 is 14.3 Å². The molecule has 2 rings (SSSR count). The van der Waals surface area contributed by atoms with E-state index in [0.29, 0.717) is 24.6 Å². The van der Waals surface area contributed by atoms with Crippen molar-refractivity contribution in [3.8, 4) is 0 Å². The van der Waals surface area contributed by atoms with E-state index >= 15 is 0 Å². The molecule has 0 fully saturated rings. The zero-order valence-corrected chi connectivity index (χ0v) is 8.40. The second kappa shape index (κ2) is 4.13. The fourth-order valence-corrected chi connectivity index (χ4v) is 1.41. The van der Waals surface area contributed by atoms with Gasteiger partial charge in [0.1, 0.15) is 6.61 Å². The first-order valence-corrected chi connectivity index (χ1v) is 4.67. The number of carbonyl (C=O) groups is 1. The van der Waals surface area contributed by atoms with Gasteiger partial charge in [0.05, 0.1) is 19.2 Å². The molecule has 1 heterocycles. The molecule has 1 aliphatic heterocycles. The summed E-state index contributed by atoms with van der Waals surface area (Å²) in [6, 6.07) is 7.06. The van der Waals surface area contributed by atoms with E-state index in [2.05, 4.69) is 9.73 Å². The SMILES string of the molecule is COC(=O)c1cccc(C2=NCCO2)c1. The molecular weight excluding hydrogens is 194 g/mol. The number of hydrogen-bond donors (Lipinski definition) is 0. The Balaban J connectivity index is 2.30. The smallest absolute Gasteiger partial charge is 0.337 e. The molecule has 0 N–H and O–H groups in total. The summed E-state index contributed by atoms with van der Waals surface area (Å²) in [7, 11) is 1.36. The highest BCUT2D eigenvalue weighted by Gasteiger charge is 2.12. The van der Waals surface area contributed by atoms with Gasteiger partial charge in [0.15, 0.2) is 0 Å². The highest BCUT2D eigenvalue weighted by molar-refractivity contribution is 5.98. The third-order valence-electron chi connectivity index (χ3n) is 2.12. The van der Waals surface area contributed by atoms with Gasteiger partial charge in [-0.1, -0.05) is 6.07 Å². The van der Waals surface area contributed by atoms with Crippen molar-refractivity contribution in [3.63, 3.8) is 0 Å². The summed E-state index contributed by atoms with van der Waals surface area (Å²) in [5, 5.41) is 0. The molecule has 0 spiro atoms. The van der Waals surface area contributed by atoms with E-state index in [1.54, 1.807) is 18.2 Å². The second-order valence-electron chi connectivity index (χ2n) is 3.11. The van der Waals surface area contributed by atoms with E-state index in [0.717, 1.165) is 5.56 Å². The van der Waals surface area contributed by atoms with E-state index in [1.165, 1.54) is 7.11 Å². The van der Waals surface area contributed by atoms with Crippen LogP contribution in [0.1, 0.15) is 15.9 Å². The lowest BCUT2D eigenvalue weighted by atomic mass is 10.1. The Morgan fingerprint density at radius 3 is 3.07 bits per heavy atom. The standard InChI is InChI=1S/C11H11NO3/c1-14-11(13)9-4-2-3-8(7-9)10-12-5-6-15-10/h2-4,7H,5-6H2,1H3. The van der Waals surface area contributed by atoms with Crippen molar-refractivity contribution in [1.29, 1.82) is 0 Å². The first kappa shape index (κ1) is 9.71. The number of esters is 1. The van der Waals surface area contributed by atoms with Crippen LogP contribution in [-0.2, 0) is 9.47 Å². The lowest BCUT2D eigenvalue weighted by Gasteiger charge is -2.03. The molecule has 0 amide bonds. The fraction of sp³-hybridized carbons (Fsp3) is 0.273. The highest BCUT2D eigenvalue weighted by Crippen LogP contribution is 2.11. The maximum atomic E-state index is 11.3. The van der Waals surface area contributed by atoms with Crippen LogP contribution in [0.15, 0.2) is 29.3 Å². The van der Waals surface area contributed by atoms with Gasteiger partial charge in [0.25, 0.3) is 0 Å². The Labute approximate surface area is 87.5 Å². The van der Waals surface area contributed by atoms with Crippen LogP contribution in [0.5, 0.6) is 0 Å². The molecule has 15 heavy (non-hydrogen) atoms. The Hall–Kier alpha value is -1.84. The van der Waals surface area contributed by atoms with Crippen LogP contribution < -0.4 is 0 Å². The van der Waals surface area contributed by atoms with Crippen LogP contribution in [0.3, 0.4) is 0 Å². The number of methoxy groups -OCH3 is 1. The molecule has 0 unspecified atom stereocenters. The van der Waals surface area contributed by atoms with Crippen LogP contribution in [0.2, 0.25) is 0 Å². The zero-order valence-electron chi connectivity index (χ0n) is 8.40. The Kier molecular flexibility index (Phi) is 2.67. The lowest BCUT2D eigenvalue weighted by molar-refractivity contribution is 0.0600. The minimum Gasteiger partial charge on any atom is -0.476 e. The molecule has 4 nitrogen and oxygen atoms in total. The highest BCUT2D eigenvalue weighted by atomic mass is 16.5. The van der Waals surface area contributed by atoms with Crippen LogP contribution >= 0.6 is 0 Å². The molecule has 0 aliphatic carbocycles. The zero-order chi connectivity index (χ0) is 10.7. The van der Waals surface area contributed by atoms with Crippen molar-refractivity contribution in [2.24, 2.45) is 4.99 Å². The number of rotatable bonds is 2. The van der Waals surface area contributed by atoms with Crippen molar-refractivity contribution in [1.82, 2.24) is 0 Å². The summed E-state index contributed by atoms with van der Waals surface area (Å²) in [5.41, 5.74) is 1.32. The molecule has 1 aliphatic rings. The number of aliphatic imine (C=N–C) groups is 1. The Morgan fingerprint density at radius 2 is 2.40 bits per heavy atom. The average Bonchev–Trinajstić information content (AvgIpc) is 2.82. The van der Waals surface area contributed by atoms with Crippen LogP contribution in [0, 0.1) is 0 Å². The van der Waals surface area contributed by atoms with Gasteiger partial charge in [0, 0.05) is 5.56 Å². The van der Waals surface area contributed by atoms with Gasteiger partial charge in [-0.15, -0.1) is 0 Å². The number of benzene rings is 1. The predicted octanol–water partition coefficient (Wildman–Crippen LogP) is 1.25. The second-order valence-corrected chi connectivity index (χ2v) is 3.11. The molecule has 4 heteroatoms. The minimum absolute atomic E-state index is 0.351. The molecule has 0 saturated heterocycles. The van der Waals surface area contributed by atoms with Crippen molar-refractivity contribution >= 4 is 11.9 Å². The lowest BCUT2D eigenvalue weighted by Crippen LogP contribution is -2.05.